The van der Waals surface area contributed by atoms with Gasteiger partial charge in [-0.15, -0.1) is 0 Å². The zero-order valence-electron chi connectivity index (χ0n) is 7.01. The Morgan fingerprint density at radius 3 is 2.29 bits per heavy atom. The molecule has 3 N–H and O–H groups in total. The molecule has 0 aromatic heterocycles. The van der Waals surface area contributed by atoms with Gasteiger partial charge in [0.1, 0.15) is 4.90 Å². The topological polar surface area (TPSA) is 94.8 Å². The molecule has 0 saturated heterocycles. The van der Waals surface area contributed by atoms with Gasteiger partial charge in [-0.3, -0.25) is 4.55 Å². The summed E-state index contributed by atoms with van der Waals surface area (Å²) in [4.78, 5) is -0.497. The first-order valence-electron chi connectivity index (χ1n) is 3.52. The highest BCUT2D eigenvalue weighted by molar-refractivity contribution is 7.86. The summed E-state index contributed by atoms with van der Waals surface area (Å²) in [5.41, 5.74) is -0.229. The van der Waals surface area contributed by atoms with Crippen molar-refractivity contribution in [3.8, 4) is 11.5 Å². The van der Waals surface area contributed by atoms with Gasteiger partial charge in [0.2, 0.25) is 0 Å². The van der Waals surface area contributed by atoms with Crippen molar-refractivity contribution in [2.75, 3.05) is 0 Å². The summed E-state index contributed by atoms with van der Waals surface area (Å²) in [6.07, 6.45) is 1.03. The monoisotopic (exact) mass is 216 g/mol. The van der Waals surface area contributed by atoms with E-state index in [4.69, 9.17) is 9.66 Å². The van der Waals surface area contributed by atoms with Crippen LogP contribution in [0.4, 0.5) is 0 Å². The van der Waals surface area contributed by atoms with Crippen LogP contribution in [-0.2, 0) is 10.1 Å². The van der Waals surface area contributed by atoms with Crippen LogP contribution < -0.4 is 0 Å². The van der Waals surface area contributed by atoms with Crippen LogP contribution in [0.2, 0.25) is 0 Å². The molecule has 0 heterocycles. The van der Waals surface area contributed by atoms with E-state index in [1.807, 2.05) is 0 Å². The number of rotatable bonds is 2. The first kappa shape index (κ1) is 10.6. The molecule has 0 aliphatic rings. The standard InChI is InChI=1S/C8H8O5S/c1-2-5-7(14(11,12)13)4-3-6(9)8(5)10/h2-4,9-10H,1H2,(H,11,12,13). The summed E-state index contributed by atoms with van der Waals surface area (Å²) in [7, 11) is -4.43. The van der Waals surface area contributed by atoms with Crippen molar-refractivity contribution in [2.24, 2.45) is 0 Å². The van der Waals surface area contributed by atoms with E-state index in [-0.39, 0.29) is 5.56 Å². The zero-order chi connectivity index (χ0) is 10.9. The van der Waals surface area contributed by atoms with Crippen molar-refractivity contribution in [3.05, 3.63) is 24.3 Å². The maximum atomic E-state index is 10.8. The molecule has 1 aromatic carbocycles. The lowest BCUT2D eigenvalue weighted by Gasteiger charge is -2.06. The Balaban J connectivity index is 3.63. The largest absolute Gasteiger partial charge is 0.504 e. The van der Waals surface area contributed by atoms with Gasteiger partial charge in [0.15, 0.2) is 11.5 Å². The number of hydrogen-bond acceptors (Lipinski definition) is 4. The van der Waals surface area contributed by atoms with Crippen LogP contribution in [0.5, 0.6) is 11.5 Å². The van der Waals surface area contributed by atoms with Gasteiger partial charge in [-0.1, -0.05) is 12.7 Å². The highest BCUT2D eigenvalue weighted by Gasteiger charge is 2.18. The first-order valence-corrected chi connectivity index (χ1v) is 4.96. The van der Waals surface area contributed by atoms with Gasteiger partial charge in [-0.05, 0) is 12.1 Å². The van der Waals surface area contributed by atoms with Crippen LogP contribution in [0.3, 0.4) is 0 Å². The predicted molar refractivity (Wildman–Crippen MR) is 49.7 cm³/mol. The maximum absolute atomic E-state index is 10.8. The minimum absolute atomic E-state index is 0.229. The van der Waals surface area contributed by atoms with E-state index >= 15 is 0 Å². The van der Waals surface area contributed by atoms with E-state index in [1.165, 1.54) is 0 Å². The van der Waals surface area contributed by atoms with Crippen molar-refractivity contribution in [2.45, 2.75) is 4.90 Å². The molecular formula is C8H8O5S. The third-order valence-corrected chi connectivity index (χ3v) is 2.55. The van der Waals surface area contributed by atoms with Crippen LogP contribution in [-0.4, -0.2) is 23.2 Å². The molecule has 0 fully saturated rings. The van der Waals surface area contributed by atoms with Gasteiger partial charge in [0.05, 0.1) is 0 Å². The Bertz CT molecular complexity index is 475. The average Bonchev–Trinajstić information content (AvgIpc) is 2.07. The van der Waals surface area contributed by atoms with Gasteiger partial charge < -0.3 is 10.2 Å². The van der Waals surface area contributed by atoms with Gasteiger partial charge in [0.25, 0.3) is 10.1 Å². The molecule has 1 aromatic rings. The Kier molecular flexibility index (Phi) is 2.50. The molecule has 5 nitrogen and oxygen atoms in total. The van der Waals surface area contributed by atoms with Gasteiger partial charge >= 0.3 is 0 Å². The summed E-state index contributed by atoms with van der Waals surface area (Å²) in [5, 5.41) is 18.3. The minimum atomic E-state index is -4.43. The molecule has 0 amide bonds. The molecule has 0 aliphatic heterocycles. The molecule has 0 bridgehead atoms. The molecule has 14 heavy (non-hydrogen) atoms. The Hall–Kier alpha value is -1.53. The maximum Gasteiger partial charge on any atom is 0.295 e. The summed E-state index contributed by atoms with van der Waals surface area (Å²) in [5.74, 6) is -1.11. The molecule has 0 atom stereocenters. The lowest BCUT2D eigenvalue weighted by molar-refractivity contribution is 0.400. The lowest BCUT2D eigenvalue weighted by atomic mass is 10.2. The lowest BCUT2D eigenvalue weighted by Crippen LogP contribution is -2.00. The van der Waals surface area contributed by atoms with Crippen LogP contribution >= 0.6 is 0 Å². The summed E-state index contributed by atoms with van der Waals surface area (Å²) < 4.78 is 30.3. The van der Waals surface area contributed by atoms with E-state index < -0.39 is 26.5 Å². The summed E-state index contributed by atoms with van der Waals surface area (Å²) >= 11 is 0. The predicted octanol–water partition coefficient (Wildman–Crippen LogP) is 0.987. The molecule has 0 unspecified atom stereocenters. The van der Waals surface area contributed by atoms with Gasteiger partial charge in [-0.2, -0.15) is 8.42 Å². The summed E-state index contributed by atoms with van der Waals surface area (Å²) in [6, 6.07) is 1.94. The highest BCUT2D eigenvalue weighted by Crippen LogP contribution is 2.34. The Labute approximate surface area is 80.7 Å². The fourth-order valence-corrected chi connectivity index (χ4v) is 1.70. The minimum Gasteiger partial charge on any atom is -0.504 e. The van der Waals surface area contributed by atoms with Crippen molar-refractivity contribution < 1.29 is 23.2 Å². The molecule has 0 spiro atoms. The summed E-state index contributed by atoms with van der Waals surface area (Å²) in [6.45, 7) is 3.26. The second-order valence-corrected chi connectivity index (χ2v) is 3.91. The van der Waals surface area contributed by atoms with E-state index in [0.717, 1.165) is 18.2 Å². The highest BCUT2D eigenvalue weighted by atomic mass is 32.2. The first-order chi connectivity index (χ1) is 6.38. The van der Waals surface area contributed by atoms with Crippen LogP contribution in [0.15, 0.2) is 23.6 Å². The van der Waals surface area contributed by atoms with Crippen molar-refractivity contribution in [1.82, 2.24) is 0 Å². The third-order valence-electron chi connectivity index (χ3n) is 1.64. The van der Waals surface area contributed by atoms with Crippen LogP contribution in [0.1, 0.15) is 5.56 Å². The van der Waals surface area contributed by atoms with Crippen LogP contribution in [0, 0.1) is 0 Å². The van der Waals surface area contributed by atoms with E-state index in [0.29, 0.717) is 0 Å². The SMILES string of the molecule is C=Cc1c(S(=O)(=O)O)ccc(O)c1O. The number of benzene rings is 1. The van der Waals surface area contributed by atoms with Crippen molar-refractivity contribution in [3.63, 3.8) is 0 Å². The Morgan fingerprint density at radius 2 is 1.86 bits per heavy atom. The quantitative estimate of drug-likeness (QED) is 0.506. The van der Waals surface area contributed by atoms with E-state index in [9.17, 15) is 13.5 Å². The molecule has 6 heteroatoms. The smallest absolute Gasteiger partial charge is 0.295 e. The normalized spacial score (nSPS) is 11.2. The molecule has 1 rings (SSSR count). The fraction of sp³-hybridized carbons (Fsp3) is 0. The molecule has 0 radical (unpaired) electrons. The van der Waals surface area contributed by atoms with Gasteiger partial charge in [-0.25, -0.2) is 0 Å². The zero-order valence-corrected chi connectivity index (χ0v) is 7.82. The second kappa shape index (κ2) is 3.32. The number of phenolic OH excluding ortho intramolecular Hbond substituents is 2. The molecule has 0 aliphatic carbocycles. The number of hydrogen-bond donors (Lipinski definition) is 3. The van der Waals surface area contributed by atoms with Gasteiger partial charge in [0, 0.05) is 5.56 Å². The molecular weight excluding hydrogens is 208 g/mol. The fourth-order valence-electron chi connectivity index (χ4n) is 1.00. The van der Waals surface area contributed by atoms with Crippen LogP contribution in [0.25, 0.3) is 6.08 Å². The second-order valence-electron chi connectivity index (χ2n) is 2.52. The Morgan fingerprint density at radius 1 is 1.29 bits per heavy atom. The van der Waals surface area contributed by atoms with Crippen molar-refractivity contribution in [1.29, 1.82) is 0 Å². The van der Waals surface area contributed by atoms with Crippen molar-refractivity contribution >= 4 is 16.2 Å². The van der Waals surface area contributed by atoms with E-state index in [2.05, 4.69) is 6.58 Å². The molecule has 0 saturated carbocycles. The molecule has 76 valence electrons. The average molecular weight is 216 g/mol. The number of aromatic hydroxyl groups is 2. The number of phenols is 2. The third kappa shape index (κ3) is 1.70. The van der Waals surface area contributed by atoms with E-state index in [1.54, 1.807) is 0 Å².